The van der Waals surface area contributed by atoms with Crippen LogP contribution in [0, 0.1) is 11.3 Å². The molecule has 0 bridgehead atoms. The number of fused-ring (bicyclic) bond motifs is 1. The number of para-hydroxylation sites is 2. The molecular weight excluding hydrogens is 328 g/mol. The number of aromatic nitrogens is 2. The molecule has 2 aromatic carbocycles. The average molecular weight is 348 g/mol. The van der Waals surface area contributed by atoms with Crippen molar-refractivity contribution in [3.05, 3.63) is 60.4 Å². The largest absolute Gasteiger partial charge is 0.481 e. The lowest BCUT2D eigenvalue weighted by Gasteiger charge is -2.15. The first-order valence-corrected chi connectivity index (χ1v) is 8.52. The molecule has 0 spiro atoms. The highest BCUT2D eigenvalue weighted by Gasteiger charge is 2.14. The molecule has 1 atom stereocenters. The van der Waals surface area contributed by atoms with Gasteiger partial charge in [0.2, 0.25) is 0 Å². The van der Waals surface area contributed by atoms with E-state index in [2.05, 4.69) is 14.9 Å². The molecule has 6 nitrogen and oxygen atoms in total. The molecule has 1 N–H and O–H groups in total. The molecule has 3 aromatic rings. The van der Waals surface area contributed by atoms with E-state index in [-0.39, 0.29) is 5.91 Å². The number of nitriles is 1. The summed E-state index contributed by atoms with van der Waals surface area (Å²) in [5.74, 6) is 0.404. The quantitative estimate of drug-likeness (QED) is 0.666. The molecule has 3 rings (SSSR count). The second-order valence-electron chi connectivity index (χ2n) is 5.97. The van der Waals surface area contributed by atoms with Crippen LogP contribution in [0.1, 0.15) is 18.9 Å². The van der Waals surface area contributed by atoms with Gasteiger partial charge in [0.15, 0.2) is 6.10 Å². The highest BCUT2D eigenvalue weighted by molar-refractivity contribution is 5.80. The van der Waals surface area contributed by atoms with Crippen LogP contribution in [0.4, 0.5) is 0 Å². The van der Waals surface area contributed by atoms with Gasteiger partial charge in [0.05, 0.1) is 29.0 Å². The Bertz CT molecular complexity index is 925. The Morgan fingerprint density at radius 3 is 2.81 bits per heavy atom. The van der Waals surface area contributed by atoms with E-state index in [1.165, 1.54) is 0 Å². The maximum Gasteiger partial charge on any atom is 0.260 e. The van der Waals surface area contributed by atoms with Crippen molar-refractivity contribution in [2.75, 3.05) is 6.54 Å². The minimum absolute atomic E-state index is 0.162. The number of hydrogen-bond acceptors (Lipinski definition) is 4. The van der Waals surface area contributed by atoms with Crippen LogP contribution < -0.4 is 10.1 Å². The summed E-state index contributed by atoms with van der Waals surface area (Å²) in [6, 6.07) is 16.7. The summed E-state index contributed by atoms with van der Waals surface area (Å²) in [6.45, 7) is 3.05. The molecule has 26 heavy (non-hydrogen) atoms. The van der Waals surface area contributed by atoms with Gasteiger partial charge in [-0.15, -0.1) is 0 Å². The minimum Gasteiger partial charge on any atom is -0.481 e. The lowest BCUT2D eigenvalue weighted by molar-refractivity contribution is -0.127. The zero-order valence-corrected chi connectivity index (χ0v) is 14.6. The zero-order valence-electron chi connectivity index (χ0n) is 14.6. The molecule has 1 amide bonds. The van der Waals surface area contributed by atoms with Crippen molar-refractivity contribution >= 4 is 16.9 Å². The number of aryl methyl sites for hydroxylation is 1. The average Bonchev–Trinajstić information content (AvgIpc) is 3.09. The standard InChI is InChI=1S/C20H20N4O2/c1-15(26-17-9-7-16(13-21)8-10-17)20(25)22-11-4-12-24-14-23-18-5-2-3-6-19(18)24/h2-3,5-10,14-15H,4,11-12H2,1H3,(H,22,25)/t15-/m0/s1. The number of imidazole rings is 1. The van der Waals surface area contributed by atoms with Gasteiger partial charge in [-0.25, -0.2) is 4.98 Å². The SMILES string of the molecule is C[C@H](Oc1ccc(C#N)cc1)C(=O)NCCCn1cnc2ccccc21. The Morgan fingerprint density at radius 2 is 2.04 bits per heavy atom. The Labute approximate surface area is 152 Å². The molecule has 1 heterocycles. The van der Waals surface area contributed by atoms with Gasteiger partial charge in [0, 0.05) is 13.1 Å². The summed E-state index contributed by atoms with van der Waals surface area (Å²) in [5.41, 5.74) is 2.62. The predicted molar refractivity (Wildman–Crippen MR) is 98.6 cm³/mol. The van der Waals surface area contributed by atoms with Crippen LogP contribution in [0.15, 0.2) is 54.9 Å². The van der Waals surface area contributed by atoms with Crippen LogP contribution in [0.25, 0.3) is 11.0 Å². The van der Waals surface area contributed by atoms with Gasteiger partial charge in [0.1, 0.15) is 5.75 Å². The van der Waals surface area contributed by atoms with Crippen LogP contribution in [-0.4, -0.2) is 28.1 Å². The van der Waals surface area contributed by atoms with Crippen LogP contribution in [-0.2, 0) is 11.3 Å². The van der Waals surface area contributed by atoms with E-state index in [4.69, 9.17) is 10.00 Å². The van der Waals surface area contributed by atoms with Crippen molar-refractivity contribution in [1.82, 2.24) is 14.9 Å². The molecule has 1 aromatic heterocycles. The third-order valence-corrected chi connectivity index (χ3v) is 4.07. The molecule has 0 aliphatic rings. The van der Waals surface area contributed by atoms with Crippen molar-refractivity contribution in [2.45, 2.75) is 26.0 Å². The maximum absolute atomic E-state index is 12.1. The normalized spacial score (nSPS) is 11.7. The van der Waals surface area contributed by atoms with Crippen molar-refractivity contribution < 1.29 is 9.53 Å². The summed E-state index contributed by atoms with van der Waals surface area (Å²) in [7, 11) is 0. The third kappa shape index (κ3) is 4.19. The van der Waals surface area contributed by atoms with Gasteiger partial charge < -0.3 is 14.6 Å². The summed E-state index contributed by atoms with van der Waals surface area (Å²) in [4.78, 5) is 16.5. The second kappa shape index (κ2) is 8.17. The lowest BCUT2D eigenvalue weighted by atomic mass is 10.2. The molecule has 0 radical (unpaired) electrons. The first-order valence-electron chi connectivity index (χ1n) is 8.52. The number of amides is 1. The first kappa shape index (κ1) is 17.5. The highest BCUT2D eigenvalue weighted by atomic mass is 16.5. The predicted octanol–water partition coefficient (Wildman–Crippen LogP) is 2.88. The van der Waals surface area contributed by atoms with E-state index in [1.54, 1.807) is 31.2 Å². The minimum atomic E-state index is -0.600. The highest BCUT2D eigenvalue weighted by Crippen LogP contribution is 2.14. The number of ether oxygens (including phenoxy) is 1. The number of rotatable bonds is 7. The van der Waals surface area contributed by atoms with E-state index in [0.717, 1.165) is 24.0 Å². The summed E-state index contributed by atoms with van der Waals surface area (Å²) < 4.78 is 7.68. The smallest absolute Gasteiger partial charge is 0.260 e. The molecule has 0 aliphatic heterocycles. The molecule has 0 unspecified atom stereocenters. The van der Waals surface area contributed by atoms with Gasteiger partial charge in [-0.1, -0.05) is 12.1 Å². The Balaban J connectivity index is 1.44. The van der Waals surface area contributed by atoms with Crippen molar-refractivity contribution in [3.63, 3.8) is 0 Å². The van der Waals surface area contributed by atoms with Crippen LogP contribution in [0.2, 0.25) is 0 Å². The maximum atomic E-state index is 12.1. The fraction of sp³-hybridized carbons (Fsp3) is 0.250. The van der Waals surface area contributed by atoms with Crippen molar-refractivity contribution in [3.8, 4) is 11.8 Å². The molecule has 0 saturated carbocycles. The number of nitrogens with one attached hydrogen (secondary N) is 1. The number of carbonyl (C=O) groups is 1. The fourth-order valence-corrected chi connectivity index (χ4v) is 2.66. The zero-order chi connectivity index (χ0) is 18.4. The number of carbonyl (C=O) groups excluding carboxylic acids is 1. The van der Waals surface area contributed by atoms with Crippen molar-refractivity contribution in [2.24, 2.45) is 0 Å². The lowest BCUT2D eigenvalue weighted by Crippen LogP contribution is -2.37. The molecule has 0 aliphatic carbocycles. The summed E-state index contributed by atoms with van der Waals surface area (Å²) in [6.07, 6.45) is 2.02. The topological polar surface area (TPSA) is 79.9 Å². The van der Waals surface area contributed by atoms with E-state index in [0.29, 0.717) is 17.9 Å². The Morgan fingerprint density at radius 1 is 1.27 bits per heavy atom. The van der Waals surface area contributed by atoms with Crippen molar-refractivity contribution in [1.29, 1.82) is 5.26 Å². The van der Waals surface area contributed by atoms with Gasteiger partial charge in [-0.05, 0) is 49.7 Å². The Hall–Kier alpha value is -3.33. The van der Waals surface area contributed by atoms with Crippen LogP contribution in [0.3, 0.4) is 0 Å². The van der Waals surface area contributed by atoms with E-state index in [9.17, 15) is 4.79 Å². The van der Waals surface area contributed by atoms with Gasteiger partial charge in [-0.2, -0.15) is 5.26 Å². The third-order valence-electron chi connectivity index (χ3n) is 4.07. The number of hydrogen-bond donors (Lipinski definition) is 1. The number of benzene rings is 2. The summed E-state index contributed by atoms with van der Waals surface area (Å²) >= 11 is 0. The first-order chi connectivity index (χ1) is 12.7. The summed E-state index contributed by atoms with van der Waals surface area (Å²) in [5, 5.41) is 11.7. The fourth-order valence-electron chi connectivity index (χ4n) is 2.66. The molecule has 6 heteroatoms. The van der Waals surface area contributed by atoms with Crippen LogP contribution >= 0.6 is 0 Å². The van der Waals surface area contributed by atoms with E-state index >= 15 is 0 Å². The second-order valence-corrected chi connectivity index (χ2v) is 5.97. The van der Waals surface area contributed by atoms with Crippen LogP contribution in [0.5, 0.6) is 5.75 Å². The Kier molecular flexibility index (Phi) is 5.49. The molecule has 132 valence electrons. The van der Waals surface area contributed by atoms with Gasteiger partial charge >= 0.3 is 0 Å². The number of nitrogens with zero attached hydrogens (tertiary/aromatic N) is 3. The monoisotopic (exact) mass is 348 g/mol. The molecular formula is C20H20N4O2. The van der Waals surface area contributed by atoms with Gasteiger partial charge in [-0.3, -0.25) is 4.79 Å². The van der Waals surface area contributed by atoms with E-state index < -0.39 is 6.10 Å². The van der Waals surface area contributed by atoms with E-state index in [1.807, 2.05) is 36.7 Å². The van der Waals surface area contributed by atoms with Gasteiger partial charge in [0.25, 0.3) is 5.91 Å². The molecule has 0 fully saturated rings. The molecule has 0 saturated heterocycles.